The molecule has 7 nitrogen and oxygen atoms in total. The number of hydrogen-bond acceptors (Lipinski definition) is 5. The number of nitrogen functional groups attached to an aromatic ring is 1. The Morgan fingerprint density at radius 1 is 0.967 bits per heavy atom. The zero-order valence-corrected chi connectivity index (χ0v) is 17.1. The molecule has 0 radical (unpaired) electrons. The van der Waals surface area contributed by atoms with E-state index in [1.165, 1.54) is 4.31 Å². The Morgan fingerprint density at radius 3 is 2.27 bits per heavy atom. The highest BCUT2D eigenvalue weighted by molar-refractivity contribution is 7.89. The second-order valence-electron chi connectivity index (χ2n) is 7.23. The van der Waals surface area contributed by atoms with E-state index in [9.17, 15) is 13.2 Å². The molecule has 1 aliphatic rings. The number of carbonyl (C=O) groups excluding carboxylic acids is 1. The molecule has 1 saturated heterocycles. The molecule has 4 N–H and O–H groups in total. The van der Waals surface area contributed by atoms with Gasteiger partial charge in [0.1, 0.15) is 0 Å². The lowest BCUT2D eigenvalue weighted by atomic mass is 9.94. The van der Waals surface area contributed by atoms with Crippen LogP contribution in [-0.4, -0.2) is 36.7 Å². The molecule has 30 heavy (non-hydrogen) atoms. The molecule has 1 amide bonds. The number of sulfonamides is 1. The highest BCUT2D eigenvalue weighted by Crippen LogP contribution is 2.35. The van der Waals surface area contributed by atoms with Gasteiger partial charge < -0.3 is 11.5 Å². The molecule has 2 heterocycles. The van der Waals surface area contributed by atoms with Crippen molar-refractivity contribution < 1.29 is 13.2 Å². The highest BCUT2D eigenvalue weighted by Gasteiger charge is 2.27. The summed E-state index contributed by atoms with van der Waals surface area (Å²) in [5, 5.41) is 0. The highest BCUT2D eigenvalue weighted by atomic mass is 32.2. The van der Waals surface area contributed by atoms with Crippen LogP contribution in [-0.2, 0) is 10.0 Å². The second kappa shape index (κ2) is 7.89. The zero-order valence-electron chi connectivity index (χ0n) is 16.3. The third-order valence-corrected chi connectivity index (χ3v) is 7.22. The van der Waals surface area contributed by atoms with Gasteiger partial charge in [-0.15, -0.1) is 0 Å². The maximum Gasteiger partial charge on any atom is 0.250 e. The predicted molar refractivity (Wildman–Crippen MR) is 116 cm³/mol. The van der Waals surface area contributed by atoms with Crippen molar-refractivity contribution in [3.05, 3.63) is 66.5 Å². The number of aromatic nitrogens is 1. The molecule has 1 aliphatic heterocycles. The molecular formula is C22H22N4O3S. The number of amides is 1. The van der Waals surface area contributed by atoms with Crippen molar-refractivity contribution in [3.63, 3.8) is 0 Å². The zero-order chi connectivity index (χ0) is 21.3. The van der Waals surface area contributed by atoms with Crippen molar-refractivity contribution >= 4 is 21.6 Å². The van der Waals surface area contributed by atoms with Gasteiger partial charge in [-0.3, -0.25) is 9.78 Å². The fourth-order valence-corrected chi connectivity index (χ4v) is 5.20. The van der Waals surface area contributed by atoms with Crippen LogP contribution in [0.4, 0.5) is 5.69 Å². The molecule has 0 unspecified atom stereocenters. The average molecular weight is 423 g/mol. The molecule has 0 bridgehead atoms. The molecular weight excluding hydrogens is 400 g/mol. The summed E-state index contributed by atoms with van der Waals surface area (Å²) >= 11 is 0. The third kappa shape index (κ3) is 3.67. The Morgan fingerprint density at radius 2 is 1.67 bits per heavy atom. The first-order valence-electron chi connectivity index (χ1n) is 9.62. The smallest absolute Gasteiger partial charge is 0.250 e. The fourth-order valence-electron chi connectivity index (χ4n) is 3.68. The number of nitrogens with two attached hydrogens (primary N) is 2. The van der Waals surface area contributed by atoms with Crippen molar-refractivity contribution in [2.45, 2.75) is 17.7 Å². The molecule has 8 heteroatoms. The van der Waals surface area contributed by atoms with E-state index >= 15 is 0 Å². The molecule has 0 spiro atoms. The number of hydrogen-bond donors (Lipinski definition) is 2. The van der Waals surface area contributed by atoms with E-state index in [-0.39, 0.29) is 16.1 Å². The first-order valence-corrected chi connectivity index (χ1v) is 11.1. The summed E-state index contributed by atoms with van der Waals surface area (Å²) in [5.74, 6) is -0.632. The number of primary amides is 1. The maximum atomic E-state index is 12.8. The van der Waals surface area contributed by atoms with Crippen molar-refractivity contribution in [2.24, 2.45) is 5.73 Å². The summed E-state index contributed by atoms with van der Waals surface area (Å²) in [5.41, 5.74) is 15.1. The Kier molecular flexibility index (Phi) is 5.27. The van der Waals surface area contributed by atoms with Gasteiger partial charge in [0.15, 0.2) is 0 Å². The molecule has 0 saturated carbocycles. The van der Waals surface area contributed by atoms with Gasteiger partial charge in [0.05, 0.1) is 16.1 Å². The Labute approximate surface area is 175 Å². The van der Waals surface area contributed by atoms with Crippen LogP contribution in [0.3, 0.4) is 0 Å². The van der Waals surface area contributed by atoms with Gasteiger partial charge in [0.2, 0.25) is 10.0 Å². The van der Waals surface area contributed by atoms with Gasteiger partial charge >= 0.3 is 0 Å². The Hall–Kier alpha value is -3.23. The van der Waals surface area contributed by atoms with Crippen molar-refractivity contribution in [1.82, 2.24) is 9.29 Å². The van der Waals surface area contributed by atoms with E-state index in [1.807, 2.05) is 12.1 Å². The minimum Gasteiger partial charge on any atom is -0.398 e. The maximum absolute atomic E-state index is 12.8. The van der Waals surface area contributed by atoms with Crippen LogP contribution in [0, 0.1) is 0 Å². The lowest BCUT2D eigenvalue weighted by Gasteiger charge is -2.16. The van der Waals surface area contributed by atoms with Gasteiger partial charge in [-0.1, -0.05) is 18.2 Å². The second-order valence-corrected chi connectivity index (χ2v) is 9.16. The first kappa shape index (κ1) is 20.1. The average Bonchev–Trinajstić information content (AvgIpc) is 3.30. The summed E-state index contributed by atoms with van der Waals surface area (Å²) in [4.78, 5) is 16.3. The molecule has 4 rings (SSSR count). The summed E-state index contributed by atoms with van der Waals surface area (Å²) in [6.45, 7) is 1.10. The van der Waals surface area contributed by atoms with E-state index in [4.69, 9.17) is 11.5 Å². The van der Waals surface area contributed by atoms with Crippen molar-refractivity contribution in [2.75, 3.05) is 18.8 Å². The monoisotopic (exact) mass is 422 g/mol. The molecule has 0 aliphatic carbocycles. The minimum absolute atomic E-state index is 0.208. The number of rotatable bonds is 5. The van der Waals surface area contributed by atoms with Crippen LogP contribution < -0.4 is 11.5 Å². The van der Waals surface area contributed by atoms with Crippen molar-refractivity contribution in [3.8, 4) is 22.3 Å². The van der Waals surface area contributed by atoms with E-state index in [0.717, 1.165) is 24.0 Å². The van der Waals surface area contributed by atoms with Crippen LogP contribution in [0.15, 0.2) is 65.8 Å². The number of anilines is 1. The number of pyridine rings is 1. The molecule has 3 aromatic rings. The van der Waals surface area contributed by atoms with Gasteiger partial charge in [-0.05, 0) is 54.3 Å². The molecule has 1 fully saturated rings. The third-order valence-electron chi connectivity index (χ3n) is 5.31. The molecule has 1 aromatic heterocycles. The van der Waals surface area contributed by atoms with Crippen LogP contribution in [0.5, 0.6) is 0 Å². The SMILES string of the molecule is NC(=O)c1cc(-c2cccnc2)cc(-c2ccc(S(=O)(=O)N3CCCC3)cc2)c1N. The summed E-state index contributed by atoms with van der Waals surface area (Å²) in [7, 11) is -3.50. The van der Waals surface area contributed by atoms with Crippen LogP contribution in [0.1, 0.15) is 23.2 Å². The summed E-state index contributed by atoms with van der Waals surface area (Å²) in [6.07, 6.45) is 5.11. The standard InChI is InChI=1S/C22H22N4O3S/c23-21-19(12-17(13-20(21)22(24)27)16-4-3-9-25-14-16)15-5-7-18(8-6-15)30(28,29)26-10-1-2-11-26/h3-9,12-14H,1-2,10-11,23H2,(H2,24,27). The van der Waals surface area contributed by atoms with E-state index < -0.39 is 15.9 Å². The van der Waals surface area contributed by atoms with E-state index in [2.05, 4.69) is 4.98 Å². The molecule has 154 valence electrons. The number of nitrogens with zero attached hydrogens (tertiary/aromatic N) is 2. The Bertz CT molecular complexity index is 1190. The molecule has 2 aromatic carbocycles. The lowest BCUT2D eigenvalue weighted by Crippen LogP contribution is -2.27. The van der Waals surface area contributed by atoms with Crippen LogP contribution in [0.2, 0.25) is 0 Å². The van der Waals surface area contributed by atoms with E-state index in [0.29, 0.717) is 24.2 Å². The first-order chi connectivity index (χ1) is 14.4. The summed E-state index contributed by atoms with van der Waals surface area (Å²) < 4.78 is 27.0. The van der Waals surface area contributed by atoms with Gasteiger partial charge in [0.25, 0.3) is 5.91 Å². The fraction of sp³-hybridized carbons (Fsp3) is 0.182. The number of carbonyl (C=O) groups is 1. The number of benzene rings is 2. The van der Waals surface area contributed by atoms with Crippen LogP contribution >= 0.6 is 0 Å². The van der Waals surface area contributed by atoms with Crippen molar-refractivity contribution in [1.29, 1.82) is 0 Å². The normalized spacial score (nSPS) is 14.7. The Balaban J connectivity index is 1.78. The minimum atomic E-state index is -3.50. The summed E-state index contributed by atoms with van der Waals surface area (Å²) in [6, 6.07) is 13.7. The largest absolute Gasteiger partial charge is 0.398 e. The quantitative estimate of drug-likeness (QED) is 0.613. The van der Waals surface area contributed by atoms with E-state index in [1.54, 1.807) is 48.8 Å². The van der Waals surface area contributed by atoms with Gasteiger partial charge in [-0.2, -0.15) is 4.31 Å². The topological polar surface area (TPSA) is 119 Å². The van der Waals surface area contributed by atoms with Gasteiger partial charge in [0, 0.05) is 36.6 Å². The molecule has 0 atom stereocenters. The van der Waals surface area contributed by atoms with Gasteiger partial charge in [-0.25, -0.2) is 8.42 Å². The lowest BCUT2D eigenvalue weighted by molar-refractivity contribution is 0.100. The predicted octanol–water partition coefficient (Wildman–Crippen LogP) is 2.88. The van der Waals surface area contributed by atoms with Crippen LogP contribution in [0.25, 0.3) is 22.3 Å².